The van der Waals surface area contributed by atoms with Gasteiger partial charge in [0.25, 0.3) is 0 Å². The molecule has 1 fully saturated rings. The molecule has 1 aliphatic heterocycles. The summed E-state index contributed by atoms with van der Waals surface area (Å²) in [6.07, 6.45) is -0.181. The second kappa shape index (κ2) is 3.05. The van der Waals surface area contributed by atoms with Crippen molar-refractivity contribution in [2.75, 3.05) is 13.6 Å². The van der Waals surface area contributed by atoms with Crippen molar-refractivity contribution in [1.82, 2.24) is 10.2 Å². The van der Waals surface area contributed by atoms with Crippen LogP contribution < -0.4 is 5.32 Å². The molecule has 1 saturated heterocycles. The number of hydrogen-bond donors (Lipinski definition) is 1. The highest BCUT2D eigenvalue weighted by Crippen LogP contribution is 2.24. The van der Waals surface area contributed by atoms with Gasteiger partial charge in [-0.1, -0.05) is 0 Å². The number of carbonyl (C=O) groups excluding carboxylic acids is 1. The SMILES string of the molecule is CN1C(=O)CNC1c1ccc(Cl)o1. The van der Waals surface area contributed by atoms with Crippen molar-refractivity contribution in [2.24, 2.45) is 0 Å². The molecule has 1 N–H and O–H groups in total. The van der Waals surface area contributed by atoms with E-state index in [1.807, 2.05) is 0 Å². The third-order valence-electron chi connectivity index (χ3n) is 2.09. The van der Waals surface area contributed by atoms with Gasteiger partial charge in [-0.25, -0.2) is 0 Å². The molecule has 70 valence electrons. The summed E-state index contributed by atoms with van der Waals surface area (Å²) >= 11 is 5.63. The number of nitrogens with zero attached hydrogens (tertiary/aromatic N) is 1. The van der Waals surface area contributed by atoms with Crippen LogP contribution in [0.5, 0.6) is 0 Å². The van der Waals surface area contributed by atoms with E-state index < -0.39 is 0 Å². The summed E-state index contributed by atoms with van der Waals surface area (Å²) in [6.45, 7) is 0.347. The average molecular weight is 201 g/mol. The maximum atomic E-state index is 11.2. The molecule has 1 amide bonds. The number of hydrogen-bond acceptors (Lipinski definition) is 3. The van der Waals surface area contributed by atoms with Crippen molar-refractivity contribution in [2.45, 2.75) is 6.17 Å². The van der Waals surface area contributed by atoms with Crippen LogP contribution in [0.15, 0.2) is 16.5 Å². The fourth-order valence-corrected chi connectivity index (χ4v) is 1.51. The van der Waals surface area contributed by atoms with Gasteiger partial charge in [-0.2, -0.15) is 0 Å². The van der Waals surface area contributed by atoms with Crippen molar-refractivity contribution in [3.63, 3.8) is 0 Å². The Bertz CT molecular complexity index is 337. The van der Waals surface area contributed by atoms with Crippen LogP contribution in [0.1, 0.15) is 11.9 Å². The van der Waals surface area contributed by atoms with Crippen molar-refractivity contribution in [1.29, 1.82) is 0 Å². The van der Waals surface area contributed by atoms with Gasteiger partial charge in [0.1, 0.15) is 11.9 Å². The van der Waals surface area contributed by atoms with E-state index in [0.717, 1.165) is 0 Å². The molecule has 5 heteroatoms. The van der Waals surface area contributed by atoms with Crippen LogP contribution in [0.2, 0.25) is 5.22 Å². The number of amides is 1. The highest BCUT2D eigenvalue weighted by atomic mass is 35.5. The lowest BCUT2D eigenvalue weighted by Gasteiger charge is -2.16. The Morgan fingerprint density at radius 3 is 2.92 bits per heavy atom. The molecule has 0 bridgehead atoms. The lowest BCUT2D eigenvalue weighted by atomic mass is 10.3. The zero-order valence-electron chi connectivity index (χ0n) is 7.08. The van der Waals surface area contributed by atoms with Gasteiger partial charge >= 0.3 is 0 Å². The van der Waals surface area contributed by atoms with Crippen LogP contribution in [0.25, 0.3) is 0 Å². The fraction of sp³-hybridized carbons (Fsp3) is 0.375. The molecule has 1 unspecified atom stereocenters. The molecule has 0 radical (unpaired) electrons. The number of furan rings is 1. The Morgan fingerprint density at radius 1 is 1.69 bits per heavy atom. The van der Waals surface area contributed by atoms with E-state index in [9.17, 15) is 4.79 Å². The van der Waals surface area contributed by atoms with Gasteiger partial charge < -0.3 is 9.32 Å². The molecule has 13 heavy (non-hydrogen) atoms. The first-order valence-corrected chi connectivity index (χ1v) is 4.30. The van der Waals surface area contributed by atoms with E-state index in [0.29, 0.717) is 17.5 Å². The Morgan fingerprint density at radius 2 is 2.46 bits per heavy atom. The van der Waals surface area contributed by atoms with E-state index in [1.165, 1.54) is 0 Å². The van der Waals surface area contributed by atoms with Gasteiger partial charge in [0, 0.05) is 7.05 Å². The minimum absolute atomic E-state index is 0.0533. The van der Waals surface area contributed by atoms with Crippen LogP contribution in [-0.4, -0.2) is 24.4 Å². The summed E-state index contributed by atoms with van der Waals surface area (Å²) in [6, 6.07) is 3.42. The number of likely N-dealkylation sites (N-methyl/N-ethyl adjacent to an activating group) is 1. The lowest BCUT2D eigenvalue weighted by Crippen LogP contribution is -2.25. The monoisotopic (exact) mass is 200 g/mol. The summed E-state index contributed by atoms with van der Waals surface area (Å²) in [5, 5.41) is 3.35. The van der Waals surface area contributed by atoms with E-state index in [4.69, 9.17) is 16.0 Å². The molecule has 2 rings (SSSR count). The van der Waals surface area contributed by atoms with Gasteiger partial charge in [0.15, 0.2) is 5.22 Å². The Balaban J connectivity index is 2.23. The van der Waals surface area contributed by atoms with Gasteiger partial charge in [-0.15, -0.1) is 0 Å². The largest absolute Gasteiger partial charge is 0.446 e. The molecule has 0 spiro atoms. The minimum Gasteiger partial charge on any atom is -0.446 e. The summed E-state index contributed by atoms with van der Waals surface area (Å²) in [7, 11) is 1.73. The Hall–Kier alpha value is -1.00. The predicted molar refractivity (Wildman–Crippen MR) is 47.2 cm³/mol. The van der Waals surface area contributed by atoms with E-state index in [-0.39, 0.29) is 12.1 Å². The van der Waals surface area contributed by atoms with Crippen LogP contribution >= 0.6 is 11.6 Å². The second-order valence-electron chi connectivity index (χ2n) is 2.93. The van der Waals surface area contributed by atoms with Gasteiger partial charge in [0.05, 0.1) is 6.54 Å². The molecule has 1 aromatic heterocycles. The first-order valence-electron chi connectivity index (χ1n) is 3.93. The number of halogens is 1. The van der Waals surface area contributed by atoms with Crippen molar-refractivity contribution in [3.05, 3.63) is 23.1 Å². The molecule has 4 nitrogen and oxygen atoms in total. The number of nitrogens with one attached hydrogen (secondary N) is 1. The van der Waals surface area contributed by atoms with Crippen molar-refractivity contribution >= 4 is 17.5 Å². The number of carbonyl (C=O) groups is 1. The summed E-state index contributed by atoms with van der Waals surface area (Å²) in [4.78, 5) is 12.7. The topological polar surface area (TPSA) is 45.5 Å². The van der Waals surface area contributed by atoms with Crippen LogP contribution in [0.4, 0.5) is 0 Å². The molecular weight excluding hydrogens is 192 g/mol. The first-order chi connectivity index (χ1) is 6.18. The highest BCUT2D eigenvalue weighted by Gasteiger charge is 2.30. The standard InChI is InChI=1S/C8H9ClN2O2/c1-11-7(12)4-10-8(11)5-2-3-6(9)13-5/h2-3,8,10H,4H2,1H3. The maximum absolute atomic E-state index is 11.2. The van der Waals surface area contributed by atoms with Gasteiger partial charge in [-0.3, -0.25) is 10.1 Å². The van der Waals surface area contributed by atoms with E-state index in [2.05, 4.69) is 5.32 Å². The molecule has 0 aromatic carbocycles. The quantitative estimate of drug-likeness (QED) is 0.736. The Labute approximate surface area is 80.5 Å². The van der Waals surface area contributed by atoms with Crippen LogP contribution in [0.3, 0.4) is 0 Å². The van der Waals surface area contributed by atoms with Crippen LogP contribution in [-0.2, 0) is 4.79 Å². The average Bonchev–Trinajstić information content (AvgIpc) is 2.62. The van der Waals surface area contributed by atoms with Crippen LogP contribution in [0, 0.1) is 0 Å². The third kappa shape index (κ3) is 1.43. The second-order valence-corrected chi connectivity index (χ2v) is 3.30. The number of rotatable bonds is 1. The molecule has 2 heterocycles. The van der Waals surface area contributed by atoms with Gasteiger partial charge in [0.2, 0.25) is 5.91 Å². The van der Waals surface area contributed by atoms with Crippen molar-refractivity contribution < 1.29 is 9.21 Å². The predicted octanol–water partition coefficient (Wildman–Crippen LogP) is 0.993. The third-order valence-corrected chi connectivity index (χ3v) is 2.29. The highest BCUT2D eigenvalue weighted by molar-refractivity contribution is 6.28. The zero-order valence-corrected chi connectivity index (χ0v) is 7.84. The molecular formula is C8H9ClN2O2. The summed E-state index contributed by atoms with van der Waals surface area (Å²) in [5.41, 5.74) is 0. The smallest absolute Gasteiger partial charge is 0.237 e. The van der Waals surface area contributed by atoms with Gasteiger partial charge in [-0.05, 0) is 23.7 Å². The first kappa shape index (κ1) is 8.59. The molecule has 0 aliphatic carbocycles. The van der Waals surface area contributed by atoms with E-state index in [1.54, 1.807) is 24.1 Å². The molecule has 1 atom stereocenters. The fourth-order valence-electron chi connectivity index (χ4n) is 1.36. The molecule has 1 aromatic rings. The van der Waals surface area contributed by atoms with Crippen molar-refractivity contribution in [3.8, 4) is 0 Å². The zero-order chi connectivity index (χ0) is 9.42. The maximum Gasteiger partial charge on any atom is 0.237 e. The summed E-state index contributed by atoms with van der Waals surface area (Å²) < 4.78 is 5.20. The lowest BCUT2D eigenvalue weighted by molar-refractivity contribution is -0.126. The molecule has 1 aliphatic rings. The normalized spacial score (nSPS) is 22.8. The van der Waals surface area contributed by atoms with E-state index >= 15 is 0 Å². The summed E-state index contributed by atoms with van der Waals surface area (Å²) in [5.74, 6) is 0.718. The minimum atomic E-state index is -0.181. The molecule has 0 saturated carbocycles. The Kier molecular flexibility index (Phi) is 2.01.